The van der Waals surface area contributed by atoms with E-state index in [1.165, 1.54) is 24.6 Å². The normalized spacial score (nSPS) is 16.3. The molecule has 0 atom stereocenters. The highest BCUT2D eigenvalue weighted by Gasteiger charge is 2.17. The van der Waals surface area contributed by atoms with Crippen molar-refractivity contribution in [2.75, 3.05) is 5.75 Å². The third-order valence-corrected chi connectivity index (χ3v) is 3.95. The van der Waals surface area contributed by atoms with Crippen LogP contribution in [0.2, 0.25) is 0 Å². The van der Waals surface area contributed by atoms with Gasteiger partial charge in [0.1, 0.15) is 6.33 Å². The number of aromatic nitrogens is 3. The van der Waals surface area contributed by atoms with Crippen LogP contribution in [0, 0.1) is 0 Å². The van der Waals surface area contributed by atoms with Gasteiger partial charge in [-0.15, -0.1) is 10.2 Å². The van der Waals surface area contributed by atoms with Crippen LogP contribution in [0.25, 0.3) is 0 Å². The van der Waals surface area contributed by atoms with Gasteiger partial charge in [0, 0.05) is 12.6 Å². The number of carbonyl (C=O) groups excluding carboxylic acids is 1. The number of hydrogen-bond donors (Lipinski definition) is 1. The van der Waals surface area contributed by atoms with Gasteiger partial charge in [-0.1, -0.05) is 24.6 Å². The zero-order valence-corrected chi connectivity index (χ0v) is 10.9. The topological polar surface area (TPSA) is 59.8 Å². The molecular weight excluding hydrogens is 236 g/mol. The molecule has 1 amide bonds. The lowest BCUT2D eigenvalue weighted by Crippen LogP contribution is -2.33. The Labute approximate surface area is 105 Å². The number of nitrogens with one attached hydrogen (secondary N) is 1. The summed E-state index contributed by atoms with van der Waals surface area (Å²) < 4.78 is 1.94. The van der Waals surface area contributed by atoms with Crippen molar-refractivity contribution in [2.24, 2.45) is 0 Å². The number of rotatable bonds is 5. The summed E-state index contributed by atoms with van der Waals surface area (Å²) in [6, 6.07) is 0.396. The van der Waals surface area contributed by atoms with Gasteiger partial charge in [0.2, 0.25) is 5.91 Å². The number of aryl methyl sites for hydroxylation is 1. The summed E-state index contributed by atoms with van der Waals surface area (Å²) in [4.78, 5) is 11.7. The Morgan fingerprint density at radius 1 is 1.59 bits per heavy atom. The van der Waals surface area contributed by atoms with Gasteiger partial charge < -0.3 is 9.88 Å². The first-order valence-corrected chi connectivity index (χ1v) is 7.08. The van der Waals surface area contributed by atoms with E-state index in [1.807, 2.05) is 11.5 Å². The van der Waals surface area contributed by atoms with Crippen molar-refractivity contribution < 1.29 is 4.79 Å². The molecule has 0 unspecified atom stereocenters. The van der Waals surface area contributed by atoms with E-state index in [0.29, 0.717) is 11.8 Å². The van der Waals surface area contributed by atoms with Gasteiger partial charge in [0.25, 0.3) is 0 Å². The summed E-state index contributed by atoms with van der Waals surface area (Å²) in [6.07, 6.45) is 6.42. The minimum absolute atomic E-state index is 0.104. The lowest BCUT2D eigenvalue weighted by Gasteiger charge is -2.11. The van der Waals surface area contributed by atoms with Gasteiger partial charge in [-0.3, -0.25) is 4.79 Å². The maximum Gasteiger partial charge on any atom is 0.230 e. The molecule has 94 valence electrons. The molecule has 1 saturated carbocycles. The third kappa shape index (κ3) is 3.46. The predicted molar refractivity (Wildman–Crippen MR) is 66.8 cm³/mol. The zero-order valence-electron chi connectivity index (χ0n) is 10.1. The highest BCUT2D eigenvalue weighted by atomic mass is 32.2. The number of amides is 1. The minimum atomic E-state index is 0.104. The van der Waals surface area contributed by atoms with E-state index < -0.39 is 0 Å². The summed E-state index contributed by atoms with van der Waals surface area (Å²) in [7, 11) is 0. The first-order valence-electron chi connectivity index (χ1n) is 6.09. The SMILES string of the molecule is CCn1cnnc1SCC(=O)NC1CCCC1. The van der Waals surface area contributed by atoms with Gasteiger partial charge in [-0.05, 0) is 19.8 Å². The van der Waals surface area contributed by atoms with Gasteiger partial charge in [0.05, 0.1) is 5.75 Å². The maximum atomic E-state index is 11.7. The Morgan fingerprint density at radius 3 is 3.06 bits per heavy atom. The molecule has 1 heterocycles. The molecule has 0 spiro atoms. The van der Waals surface area contributed by atoms with Crippen molar-refractivity contribution >= 4 is 17.7 Å². The third-order valence-electron chi connectivity index (χ3n) is 2.97. The summed E-state index contributed by atoms with van der Waals surface area (Å²) in [6.45, 7) is 2.87. The van der Waals surface area contributed by atoms with Crippen molar-refractivity contribution in [3.8, 4) is 0 Å². The molecule has 0 bridgehead atoms. The number of nitrogens with zero attached hydrogens (tertiary/aromatic N) is 3. The summed E-state index contributed by atoms with van der Waals surface area (Å²) >= 11 is 1.45. The van der Waals surface area contributed by atoms with Crippen LogP contribution in [0.1, 0.15) is 32.6 Å². The maximum absolute atomic E-state index is 11.7. The quantitative estimate of drug-likeness (QED) is 0.808. The van der Waals surface area contributed by atoms with Crippen LogP contribution in [0.3, 0.4) is 0 Å². The smallest absolute Gasteiger partial charge is 0.230 e. The molecule has 0 radical (unpaired) electrons. The monoisotopic (exact) mass is 254 g/mol. The van der Waals surface area contributed by atoms with Crippen molar-refractivity contribution in [3.05, 3.63) is 6.33 Å². The molecule has 1 aromatic rings. The molecule has 1 aromatic heterocycles. The molecule has 1 N–H and O–H groups in total. The van der Waals surface area contributed by atoms with Crippen LogP contribution in [0.15, 0.2) is 11.5 Å². The fraction of sp³-hybridized carbons (Fsp3) is 0.727. The summed E-state index contributed by atoms with van der Waals surface area (Å²) in [5.41, 5.74) is 0. The average molecular weight is 254 g/mol. The molecule has 1 fully saturated rings. The Bertz CT molecular complexity index is 373. The van der Waals surface area contributed by atoms with E-state index in [1.54, 1.807) is 6.33 Å². The predicted octanol–water partition coefficient (Wildman–Crippen LogP) is 1.45. The van der Waals surface area contributed by atoms with Gasteiger partial charge in [-0.2, -0.15) is 0 Å². The largest absolute Gasteiger partial charge is 0.353 e. The number of carbonyl (C=O) groups is 1. The highest BCUT2D eigenvalue weighted by Crippen LogP contribution is 2.18. The van der Waals surface area contributed by atoms with Crippen molar-refractivity contribution in [1.29, 1.82) is 0 Å². The molecule has 6 heteroatoms. The Morgan fingerprint density at radius 2 is 2.35 bits per heavy atom. The zero-order chi connectivity index (χ0) is 12.1. The van der Waals surface area contributed by atoms with Crippen molar-refractivity contribution in [1.82, 2.24) is 20.1 Å². The fourth-order valence-electron chi connectivity index (χ4n) is 2.04. The van der Waals surface area contributed by atoms with E-state index in [-0.39, 0.29) is 5.91 Å². The summed E-state index contributed by atoms with van der Waals surface area (Å²) in [5, 5.41) is 11.7. The van der Waals surface area contributed by atoms with Crippen LogP contribution in [0.5, 0.6) is 0 Å². The summed E-state index contributed by atoms with van der Waals surface area (Å²) in [5.74, 6) is 0.530. The van der Waals surface area contributed by atoms with Crippen LogP contribution >= 0.6 is 11.8 Å². The van der Waals surface area contributed by atoms with Gasteiger partial charge in [0.15, 0.2) is 5.16 Å². The van der Waals surface area contributed by atoms with Crippen LogP contribution in [0.4, 0.5) is 0 Å². The van der Waals surface area contributed by atoms with E-state index in [9.17, 15) is 4.79 Å². The highest BCUT2D eigenvalue weighted by molar-refractivity contribution is 7.99. The lowest BCUT2D eigenvalue weighted by atomic mass is 10.2. The second-order valence-electron chi connectivity index (χ2n) is 4.24. The van der Waals surface area contributed by atoms with Gasteiger partial charge >= 0.3 is 0 Å². The lowest BCUT2D eigenvalue weighted by molar-refractivity contribution is -0.119. The average Bonchev–Trinajstić information content (AvgIpc) is 2.96. The Hall–Kier alpha value is -1.04. The van der Waals surface area contributed by atoms with Crippen LogP contribution < -0.4 is 5.32 Å². The standard InChI is InChI=1S/C11H18N4OS/c1-2-15-8-12-14-11(15)17-7-10(16)13-9-5-3-4-6-9/h8-9H,2-7H2,1H3,(H,13,16). The second-order valence-corrected chi connectivity index (χ2v) is 5.18. The molecule has 0 saturated heterocycles. The second kappa shape index (κ2) is 6.05. The molecular formula is C11H18N4OS. The molecule has 2 rings (SSSR count). The molecule has 17 heavy (non-hydrogen) atoms. The Kier molecular flexibility index (Phi) is 4.42. The first-order chi connectivity index (χ1) is 8.29. The van der Waals surface area contributed by atoms with Gasteiger partial charge in [-0.25, -0.2) is 0 Å². The first kappa shape index (κ1) is 12.4. The van der Waals surface area contributed by atoms with Crippen molar-refractivity contribution in [2.45, 2.75) is 50.4 Å². The Balaban J connectivity index is 1.75. The molecule has 0 aromatic carbocycles. The number of thioether (sulfide) groups is 1. The van der Waals surface area contributed by atoms with Crippen LogP contribution in [-0.4, -0.2) is 32.5 Å². The fourth-order valence-corrected chi connectivity index (χ4v) is 2.83. The van der Waals surface area contributed by atoms with E-state index in [4.69, 9.17) is 0 Å². The molecule has 5 nitrogen and oxygen atoms in total. The molecule has 0 aliphatic heterocycles. The van der Waals surface area contributed by atoms with E-state index in [0.717, 1.165) is 24.5 Å². The van der Waals surface area contributed by atoms with Crippen LogP contribution in [-0.2, 0) is 11.3 Å². The molecule has 1 aliphatic rings. The van der Waals surface area contributed by atoms with E-state index >= 15 is 0 Å². The van der Waals surface area contributed by atoms with E-state index in [2.05, 4.69) is 15.5 Å². The minimum Gasteiger partial charge on any atom is -0.353 e. The van der Waals surface area contributed by atoms with Crippen molar-refractivity contribution in [3.63, 3.8) is 0 Å². The molecule has 1 aliphatic carbocycles. The number of hydrogen-bond acceptors (Lipinski definition) is 4.